The highest BCUT2D eigenvalue weighted by Gasteiger charge is 2.05. The van der Waals surface area contributed by atoms with Crippen molar-refractivity contribution in [1.82, 2.24) is 9.97 Å². The molecule has 98 valence electrons. The van der Waals surface area contributed by atoms with Crippen LogP contribution in [0, 0.1) is 11.3 Å². The summed E-state index contributed by atoms with van der Waals surface area (Å²) >= 11 is 1.36. The SMILES string of the molecule is N#Cc1cccc(OCc2nc3ccsc3c(=O)[nH]2)c1. The van der Waals surface area contributed by atoms with Gasteiger partial charge in [0.15, 0.2) is 0 Å². The predicted molar refractivity (Wildman–Crippen MR) is 75.7 cm³/mol. The zero-order valence-corrected chi connectivity index (χ0v) is 11.1. The fourth-order valence-electron chi connectivity index (χ4n) is 1.80. The number of benzene rings is 1. The van der Waals surface area contributed by atoms with Crippen molar-refractivity contribution in [2.24, 2.45) is 0 Å². The molecule has 0 saturated heterocycles. The topological polar surface area (TPSA) is 78.8 Å². The first-order valence-electron chi connectivity index (χ1n) is 5.85. The van der Waals surface area contributed by atoms with E-state index in [0.29, 0.717) is 27.4 Å². The van der Waals surface area contributed by atoms with Crippen LogP contribution in [0.5, 0.6) is 5.75 Å². The van der Waals surface area contributed by atoms with Crippen molar-refractivity contribution in [2.75, 3.05) is 0 Å². The molecular formula is C14H9N3O2S. The maximum absolute atomic E-state index is 11.8. The molecule has 6 heteroatoms. The fourth-order valence-corrected chi connectivity index (χ4v) is 2.52. The third-order valence-electron chi connectivity index (χ3n) is 2.70. The predicted octanol–water partition coefficient (Wildman–Crippen LogP) is 2.44. The van der Waals surface area contributed by atoms with Crippen LogP contribution in [0.3, 0.4) is 0 Å². The van der Waals surface area contributed by atoms with Crippen LogP contribution in [-0.4, -0.2) is 9.97 Å². The van der Waals surface area contributed by atoms with Crippen LogP contribution in [0.25, 0.3) is 10.2 Å². The maximum atomic E-state index is 11.8. The van der Waals surface area contributed by atoms with Gasteiger partial charge in [-0.3, -0.25) is 4.79 Å². The number of nitriles is 1. The van der Waals surface area contributed by atoms with Gasteiger partial charge in [0.25, 0.3) is 5.56 Å². The summed E-state index contributed by atoms with van der Waals surface area (Å²) in [4.78, 5) is 18.8. The Morgan fingerprint density at radius 1 is 1.40 bits per heavy atom. The lowest BCUT2D eigenvalue weighted by Crippen LogP contribution is -2.12. The normalized spacial score (nSPS) is 10.3. The second-order valence-corrected chi connectivity index (χ2v) is 4.99. The van der Waals surface area contributed by atoms with Crippen molar-refractivity contribution in [3.05, 3.63) is 57.5 Å². The van der Waals surface area contributed by atoms with Crippen LogP contribution < -0.4 is 10.3 Å². The summed E-state index contributed by atoms with van der Waals surface area (Å²) in [6, 6.07) is 10.7. The Balaban J connectivity index is 1.83. The summed E-state index contributed by atoms with van der Waals surface area (Å²) in [5, 5.41) is 10.6. The Hall–Kier alpha value is -2.65. The smallest absolute Gasteiger partial charge is 0.268 e. The maximum Gasteiger partial charge on any atom is 0.268 e. The average Bonchev–Trinajstić information content (AvgIpc) is 2.94. The third-order valence-corrected chi connectivity index (χ3v) is 3.60. The van der Waals surface area contributed by atoms with Gasteiger partial charge in [-0.15, -0.1) is 11.3 Å². The Labute approximate surface area is 118 Å². The van der Waals surface area contributed by atoms with Gasteiger partial charge in [0.05, 0.1) is 17.1 Å². The number of hydrogen-bond donors (Lipinski definition) is 1. The van der Waals surface area contributed by atoms with Crippen LogP contribution in [0.2, 0.25) is 0 Å². The molecule has 2 heterocycles. The van der Waals surface area contributed by atoms with Gasteiger partial charge < -0.3 is 9.72 Å². The van der Waals surface area contributed by atoms with Gasteiger partial charge in [-0.05, 0) is 29.6 Å². The van der Waals surface area contributed by atoms with Crippen LogP contribution >= 0.6 is 11.3 Å². The lowest BCUT2D eigenvalue weighted by molar-refractivity contribution is 0.296. The van der Waals surface area contributed by atoms with Crippen LogP contribution in [0.4, 0.5) is 0 Å². The molecule has 20 heavy (non-hydrogen) atoms. The number of H-pyrrole nitrogens is 1. The molecule has 0 aliphatic rings. The number of fused-ring (bicyclic) bond motifs is 1. The van der Waals surface area contributed by atoms with Crippen molar-refractivity contribution in [3.8, 4) is 11.8 Å². The van der Waals surface area contributed by atoms with E-state index < -0.39 is 0 Å². The minimum Gasteiger partial charge on any atom is -0.486 e. The highest BCUT2D eigenvalue weighted by atomic mass is 32.1. The molecule has 1 aromatic carbocycles. The molecule has 1 N–H and O–H groups in total. The summed E-state index contributed by atoms with van der Waals surface area (Å²) in [5.74, 6) is 1.03. The van der Waals surface area contributed by atoms with Crippen molar-refractivity contribution in [2.45, 2.75) is 6.61 Å². The van der Waals surface area contributed by atoms with E-state index in [4.69, 9.17) is 10.00 Å². The molecule has 2 aromatic heterocycles. The molecule has 0 spiro atoms. The number of ether oxygens (including phenoxy) is 1. The highest BCUT2D eigenvalue weighted by Crippen LogP contribution is 2.16. The fraction of sp³-hybridized carbons (Fsp3) is 0.0714. The molecule has 0 unspecified atom stereocenters. The van der Waals surface area contributed by atoms with E-state index >= 15 is 0 Å². The summed E-state index contributed by atoms with van der Waals surface area (Å²) in [6.07, 6.45) is 0. The Morgan fingerprint density at radius 2 is 2.30 bits per heavy atom. The van der Waals surface area contributed by atoms with Crippen LogP contribution in [-0.2, 0) is 6.61 Å². The lowest BCUT2D eigenvalue weighted by atomic mass is 10.2. The Bertz CT molecular complexity index is 860. The third kappa shape index (κ3) is 2.39. The number of nitrogens with zero attached hydrogens (tertiary/aromatic N) is 2. The molecule has 0 aliphatic carbocycles. The molecule has 5 nitrogen and oxygen atoms in total. The number of hydrogen-bond acceptors (Lipinski definition) is 5. The number of aromatic amines is 1. The molecule has 0 fully saturated rings. The van der Waals surface area contributed by atoms with E-state index in [0.717, 1.165) is 0 Å². The largest absolute Gasteiger partial charge is 0.486 e. The van der Waals surface area contributed by atoms with Crippen LogP contribution in [0.15, 0.2) is 40.5 Å². The second-order valence-electron chi connectivity index (χ2n) is 4.08. The zero-order valence-electron chi connectivity index (χ0n) is 10.3. The van der Waals surface area contributed by atoms with Gasteiger partial charge in [-0.2, -0.15) is 5.26 Å². The van der Waals surface area contributed by atoms with E-state index in [1.54, 1.807) is 30.3 Å². The van der Waals surface area contributed by atoms with Gasteiger partial charge in [-0.25, -0.2) is 4.98 Å². The zero-order chi connectivity index (χ0) is 13.9. The quantitative estimate of drug-likeness (QED) is 0.800. The van der Waals surface area contributed by atoms with Gasteiger partial charge >= 0.3 is 0 Å². The number of nitrogens with one attached hydrogen (secondary N) is 1. The first kappa shape index (κ1) is 12.4. The summed E-state index contributed by atoms with van der Waals surface area (Å²) in [7, 11) is 0. The number of aromatic nitrogens is 2. The van der Waals surface area contributed by atoms with Gasteiger partial charge in [0.1, 0.15) is 22.9 Å². The summed E-state index contributed by atoms with van der Waals surface area (Å²) in [6.45, 7) is 0.149. The van der Waals surface area contributed by atoms with E-state index in [9.17, 15) is 4.79 Å². The second kappa shape index (κ2) is 5.15. The molecule has 3 aromatic rings. The monoisotopic (exact) mass is 283 g/mol. The first-order chi connectivity index (χ1) is 9.76. The molecule has 0 bridgehead atoms. The molecule has 0 saturated carbocycles. The minimum absolute atomic E-state index is 0.149. The van der Waals surface area contributed by atoms with Crippen molar-refractivity contribution >= 4 is 21.6 Å². The lowest BCUT2D eigenvalue weighted by Gasteiger charge is -2.05. The van der Waals surface area contributed by atoms with Gasteiger partial charge in [0, 0.05) is 0 Å². The number of rotatable bonds is 3. The Morgan fingerprint density at radius 3 is 3.15 bits per heavy atom. The standard InChI is InChI=1S/C14H9N3O2S/c15-7-9-2-1-3-10(6-9)19-8-12-16-11-4-5-20-13(11)14(18)17-12/h1-6H,8H2,(H,16,17,18). The Kier molecular flexibility index (Phi) is 3.19. The van der Waals surface area contributed by atoms with Crippen molar-refractivity contribution < 1.29 is 4.74 Å². The minimum atomic E-state index is -0.158. The molecule has 0 radical (unpaired) electrons. The van der Waals surface area contributed by atoms with Crippen LogP contribution in [0.1, 0.15) is 11.4 Å². The molecule has 0 aliphatic heterocycles. The first-order valence-corrected chi connectivity index (χ1v) is 6.73. The molecule has 0 amide bonds. The highest BCUT2D eigenvalue weighted by molar-refractivity contribution is 7.17. The van der Waals surface area contributed by atoms with Crippen molar-refractivity contribution in [1.29, 1.82) is 5.26 Å². The average molecular weight is 283 g/mol. The van der Waals surface area contributed by atoms with E-state index in [1.165, 1.54) is 11.3 Å². The van der Waals surface area contributed by atoms with Crippen molar-refractivity contribution in [3.63, 3.8) is 0 Å². The number of thiophene rings is 1. The molecular weight excluding hydrogens is 274 g/mol. The summed E-state index contributed by atoms with van der Waals surface area (Å²) in [5.41, 5.74) is 1.04. The van der Waals surface area contributed by atoms with E-state index in [2.05, 4.69) is 9.97 Å². The van der Waals surface area contributed by atoms with Gasteiger partial charge in [-0.1, -0.05) is 6.07 Å². The molecule has 0 atom stereocenters. The van der Waals surface area contributed by atoms with Gasteiger partial charge in [0.2, 0.25) is 0 Å². The van der Waals surface area contributed by atoms with E-state index in [1.807, 2.05) is 11.4 Å². The van der Waals surface area contributed by atoms with E-state index in [-0.39, 0.29) is 12.2 Å². The molecule has 3 rings (SSSR count). The summed E-state index contributed by atoms with van der Waals surface area (Å²) < 4.78 is 6.15.